The summed E-state index contributed by atoms with van der Waals surface area (Å²) in [5.41, 5.74) is 7.51. The van der Waals surface area contributed by atoms with E-state index in [2.05, 4.69) is 31.9 Å². The van der Waals surface area contributed by atoms with E-state index in [1.807, 2.05) is 18.2 Å². The van der Waals surface area contributed by atoms with Crippen molar-refractivity contribution in [3.05, 3.63) is 34.9 Å². The van der Waals surface area contributed by atoms with Gasteiger partial charge in [0.2, 0.25) is 0 Å². The van der Waals surface area contributed by atoms with Crippen LogP contribution in [0.15, 0.2) is 24.3 Å². The molecule has 1 fully saturated rings. The molecule has 2 N–H and O–H groups in total. The molecule has 4 unspecified atom stereocenters. The van der Waals surface area contributed by atoms with Crippen molar-refractivity contribution >= 4 is 11.6 Å². The van der Waals surface area contributed by atoms with Gasteiger partial charge in [-0.1, -0.05) is 36.7 Å². The zero-order valence-electron chi connectivity index (χ0n) is 12.6. The highest BCUT2D eigenvalue weighted by Crippen LogP contribution is 2.33. The first-order valence-electron chi connectivity index (χ1n) is 7.39. The second-order valence-electron chi connectivity index (χ2n) is 5.64. The van der Waals surface area contributed by atoms with Crippen LogP contribution in [0, 0.1) is 0 Å². The average Bonchev–Trinajstić information content (AvgIpc) is 2.87. The molecule has 20 heavy (non-hydrogen) atoms. The van der Waals surface area contributed by atoms with Gasteiger partial charge < -0.3 is 10.5 Å². The Morgan fingerprint density at radius 1 is 1.45 bits per heavy atom. The van der Waals surface area contributed by atoms with Gasteiger partial charge in [0.05, 0.1) is 12.1 Å². The summed E-state index contributed by atoms with van der Waals surface area (Å²) in [5, 5.41) is 0.791. The Hall–Kier alpha value is -0.610. The third kappa shape index (κ3) is 3.17. The number of nitrogens with zero attached hydrogens (tertiary/aromatic N) is 1. The van der Waals surface area contributed by atoms with Gasteiger partial charge in [-0.05, 0) is 38.4 Å². The van der Waals surface area contributed by atoms with Gasteiger partial charge in [0.1, 0.15) is 0 Å². The predicted octanol–water partition coefficient (Wildman–Crippen LogP) is 3.23. The van der Waals surface area contributed by atoms with Crippen molar-refractivity contribution in [2.45, 2.75) is 50.9 Å². The molecular formula is C16H25ClN2O. The maximum Gasteiger partial charge on any atom is 0.0703 e. The molecule has 0 amide bonds. The van der Waals surface area contributed by atoms with E-state index in [0.29, 0.717) is 6.04 Å². The van der Waals surface area contributed by atoms with E-state index >= 15 is 0 Å². The zero-order chi connectivity index (χ0) is 14.7. The summed E-state index contributed by atoms with van der Waals surface area (Å²) in [4.78, 5) is 2.35. The van der Waals surface area contributed by atoms with Crippen molar-refractivity contribution in [3.8, 4) is 0 Å². The van der Waals surface area contributed by atoms with E-state index in [1.165, 1.54) is 0 Å². The van der Waals surface area contributed by atoms with Crippen LogP contribution in [-0.2, 0) is 4.74 Å². The van der Waals surface area contributed by atoms with Crippen molar-refractivity contribution in [2.75, 3.05) is 13.7 Å². The van der Waals surface area contributed by atoms with Gasteiger partial charge in [0.25, 0.3) is 0 Å². The minimum atomic E-state index is 0.0627. The Kier molecular flexibility index (Phi) is 5.44. The first kappa shape index (κ1) is 15.8. The molecule has 0 bridgehead atoms. The van der Waals surface area contributed by atoms with Gasteiger partial charge in [0.15, 0.2) is 0 Å². The first-order valence-corrected chi connectivity index (χ1v) is 7.77. The van der Waals surface area contributed by atoms with Crippen molar-refractivity contribution < 1.29 is 4.74 Å². The van der Waals surface area contributed by atoms with E-state index < -0.39 is 0 Å². The van der Waals surface area contributed by atoms with Crippen LogP contribution in [0.25, 0.3) is 0 Å². The number of hydrogen-bond acceptors (Lipinski definition) is 3. The summed E-state index contributed by atoms with van der Waals surface area (Å²) < 4.78 is 5.70. The molecule has 1 aliphatic heterocycles. The quantitative estimate of drug-likeness (QED) is 0.906. The molecule has 1 heterocycles. The summed E-state index contributed by atoms with van der Waals surface area (Å²) in [6.45, 7) is 5.08. The fourth-order valence-electron chi connectivity index (χ4n) is 3.15. The third-order valence-electron chi connectivity index (χ3n) is 4.40. The summed E-state index contributed by atoms with van der Waals surface area (Å²) in [6, 6.07) is 8.60. The molecule has 4 atom stereocenters. The van der Waals surface area contributed by atoms with Gasteiger partial charge >= 0.3 is 0 Å². The molecule has 0 saturated carbocycles. The number of ether oxygens (including phenoxy) is 1. The number of halogens is 1. The smallest absolute Gasteiger partial charge is 0.0703 e. The fraction of sp³-hybridized carbons (Fsp3) is 0.625. The van der Waals surface area contributed by atoms with Crippen molar-refractivity contribution in [1.82, 2.24) is 4.90 Å². The van der Waals surface area contributed by atoms with Crippen LogP contribution in [0.5, 0.6) is 0 Å². The largest absolute Gasteiger partial charge is 0.377 e. The molecule has 4 heteroatoms. The zero-order valence-corrected chi connectivity index (χ0v) is 13.3. The third-order valence-corrected chi connectivity index (χ3v) is 4.74. The van der Waals surface area contributed by atoms with Crippen LogP contribution in [0.4, 0.5) is 0 Å². The Labute approximate surface area is 127 Å². The van der Waals surface area contributed by atoms with E-state index in [4.69, 9.17) is 22.1 Å². The summed E-state index contributed by atoms with van der Waals surface area (Å²) in [6.07, 6.45) is 2.21. The molecular weight excluding hydrogens is 272 g/mol. The topological polar surface area (TPSA) is 38.5 Å². The molecule has 0 aromatic heterocycles. The molecule has 0 radical (unpaired) electrons. The van der Waals surface area contributed by atoms with E-state index in [9.17, 15) is 0 Å². The minimum Gasteiger partial charge on any atom is -0.377 e. The lowest BCUT2D eigenvalue weighted by Gasteiger charge is -2.38. The first-order chi connectivity index (χ1) is 9.56. The van der Waals surface area contributed by atoms with E-state index in [0.717, 1.165) is 30.0 Å². The van der Waals surface area contributed by atoms with E-state index in [1.54, 1.807) is 0 Å². The number of rotatable bonds is 5. The van der Waals surface area contributed by atoms with Crippen LogP contribution in [0.3, 0.4) is 0 Å². The number of nitrogens with two attached hydrogens (primary N) is 1. The number of likely N-dealkylation sites (N-methyl/N-ethyl adjacent to an activating group) is 1. The number of hydrogen-bond donors (Lipinski definition) is 1. The molecule has 0 spiro atoms. The number of benzene rings is 1. The highest BCUT2D eigenvalue weighted by Gasteiger charge is 2.35. The second-order valence-corrected chi connectivity index (χ2v) is 6.04. The standard InChI is InChI=1S/C16H25ClN2O/c1-4-14(18)16(12-7-5-6-8-13(12)17)19(3)15-9-10-20-11(15)2/h5-8,11,14-16H,4,9-10,18H2,1-3H3. The van der Waals surface area contributed by atoms with Crippen molar-refractivity contribution in [2.24, 2.45) is 5.73 Å². The summed E-state index contributed by atoms with van der Waals surface area (Å²) in [7, 11) is 2.14. The fourth-order valence-corrected chi connectivity index (χ4v) is 3.40. The molecule has 1 aromatic carbocycles. The Morgan fingerprint density at radius 2 is 2.15 bits per heavy atom. The van der Waals surface area contributed by atoms with Crippen LogP contribution in [-0.4, -0.2) is 36.7 Å². The maximum absolute atomic E-state index is 6.39. The van der Waals surface area contributed by atoms with Crippen molar-refractivity contribution in [3.63, 3.8) is 0 Å². The van der Waals surface area contributed by atoms with Crippen LogP contribution in [0.2, 0.25) is 5.02 Å². The van der Waals surface area contributed by atoms with Crippen LogP contribution < -0.4 is 5.73 Å². The molecule has 1 aromatic rings. The minimum absolute atomic E-state index is 0.0627. The monoisotopic (exact) mass is 296 g/mol. The SMILES string of the molecule is CCC(N)C(c1ccccc1Cl)N(C)C1CCOC1C. The lowest BCUT2D eigenvalue weighted by molar-refractivity contribution is 0.0609. The van der Waals surface area contributed by atoms with Gasteiger partial charge in [-0.3, -0.25) is 4.90 Å². The normalized spacial score (nSPS) is 25.9. The molecule has 112 valence electrons. The predicted molar refractivity (Wildman–Crippen MR) is 84.0 cm³/mol. The Morgan fingerprint density at radius 3 is 2.70 bits per heavy atom. The lowest BCUT2D eigenvalue weighted by Crippen LogP contribution is -2.46. The highest BCUT2D eigenvalue weighted by atomic mass is 35.5. The van der Waals surface area contributed by atoms with Crippen molar-refractivity contribution in [1.29, 1.82) is 0 Å². The Bertz CT molecular complexity index is 440. The maximum atomic E-state index is 6.39. The van der Waals surface area contributed by atoms with Gasteiger partial charge in [-0.25, -0.2) is 0 Å². The molecule has 1 aliphatic rings. The van der Waals surface area contributed by atoms with E-state index in [-0.39, 0.29) is 18.2 Å². The lowest BCUT2D eigenvalue weighted by atomic mass is 9.94. The van der Waals surface area contributed by atoms with Crippen LogP contribution in [0.1, 0.15) is 38.3 Å². The Balaban J connectivity index is 2.30. The van der Waals surface area contributed by atoms with Gasteiger partial charge in [0, 0.05) is 23.7 Å². The van der Waals surface area contributed by atoms with Gasteiger partial charge in [-0.15, -0.1) is 0 Å². The molecule has 3 nitrogen and oxygen atoms in total. The average molecular weight is 297 g/mol. The van der Waals surface area contributed by atoms with Gasteiger partial charge in [-0.2, -0.15) is 0 Å². The highest BCUT2D eigenvalue weighted by molar-refractivity contribution is 6.31. The van der Waals surface area contributed by atoms with Crippen LogP contribution >= 0.6 is 11.6 Å². The molecule has 0 aliphatic carbocycles. The molecule has 1 saturated heterocycles. The summed E-state index contributed by atoms with van der Waals surface area (Å²) in [5.74, 6) is 0. The molecule has 2 rings (SSSR count). The second kappa shape index (κ2) is 6.90. The summed E-state index contributed by atoms with van der Waals surface area (Å²) >= 11 is 6.39.